The summed E-state index contributed by atoms with van der Waals surface area (Å²) in [5, 5.41) is 23.4. The van der Waals surface area contributed by atoms with E-state index in [-0.39, 0.29) is 18.5 Å². The molecule has 0 aromatic rings. The van der Waals surface area contributed by atoms with Crippen molar-refractivity contribution >= 4 is 11.9 Å². The molecule has 0 aliphatic rings. The Labute approximate surface area is 483 Å². The number of hydrogen-bond acceptors (Lipinski definition) is 5. The number of rotatable bonds is 68. The Kier molecular flexibility index (Phi) is 66.4. The maximum atomic E-state index is 12.5. The number of aliphatic hydroxyl groups excluding tert-OH is 2. The van der Waals surface area contributed by atoms with Crippen molar-refractivity contribution in [2.75, 3.05) is 13.2 Å². The largest absolute Gasteiger partial charge is 0.466 e. The first-order valence-corrected chi connectivity index (χ1v) is 35.8. The van der Waals surface area contributed by atoms with Gasteiger partial charge in [0.1, 0.15) is 0 Å². The number of carbonyl (C=O) groups is 2. The molecule has 0 aromatic heterocycles. The molecule has 1 amide bonds. The van der Waals surface area contributed by atoms with Crippen molar-refractivity contribution in [1.82, 2.24) is 5.32 Å². The van der Waals surface area contributed by atoms with Gasteiger partial charge in [0, 0.05) is 12.8 Å². The fourth-order valence-electron chi connectivity index (χ4n) is 11.7. The number of unbranched alkanes of at least 4 members (excludes halogenated alkanes) is 57. The molecule has 0 aliphatic heterocycles. The number of nitrogens with one attached hydrogen (secondary N) is 1. The topological polar surface area (TPSA) is 95.9 Å². The van der Waals surface area contributed by atoms with Crippen LogP contribution in [-0.2, 0) is 14.3 Å². The highest BCUT2D eigenvalue weighted by Gasteiger charge is 2.20. The molecule has 0 radical (unpaired) electrons. The van der Waals surface area contributed by atoms with E-state index in [9.17, 15) is 19.8 Å². The quantitative estimate of drug-likeness (QED) is 0.0417. The molecule has 2 atom stereocenters. The summed E-state index contributed by atoms with van der Waals surface area (Å²) in [4.78, 5) is 24.7. The molecule has 0 saturated carbocycles. The van der Waals surface area contributed by atoms with Crippen LogP contribution in [0.25, 0.3) is 0 Å². The standard InChI is InChI=1S/C71H141NO5/c1-3-5-7-9-11-13-15-17-19-21-23-24-25-28-31-35-39-43-47-51-55-59-63-69(74)68(67-73)72-70(75)64-60-56-52-48-44-40-36-32-29-26-30-34-38-42-46-50-54-58-62-66-77-71(76)65-61-57-53-49-45-41-37-33-27-22-20-18-16-14-12-10-8-6-4-2/h68-69,73-74H,3-67H2,1-2H3,(H,72,75). The van der Waals surface area contributed by atoms with Gasteiger partial charge in [0.05, 0.1) is 25.4 Å². The summed E-state index contributed by atoms with van der Waals surface area (Å²) >= 11 is 0. The first-order valence-electron chi connectivity index (χ1n) is 35.8. The molecule has 0 rings (SSSR count). The van der Waals surface area contributed by atoms with Crippen LogP contribution in [0.3, 0.4) is 0 Å². The van der Waals surface area contributed by atoms with Gasteiger partial charge in [-0.05, 0) is 25.7 Å². The maximum Gasteiger partial charge on any atom is 0.305 e. The Bertz CT molecular complexity index is 1120. The number of amides is 1. The van der Waals surface area contributed by atoms with E-state index >= 15 is 0 Å². The molecule has 460 valence electrons. The molecular formula is C71H141NO5. The fraction of sp³-hybridized carbons (Fsp3) is 0.972. The second-order valence-corrected chi connectivity index (χ2v) is 24.9. The van der Waals surface area contributed by atoms with Crippen molar-refractivity contribution in [2.45, 2.75) is 431 Å². The van der Waals surface area contributed by atoms with E-state index in [0.29, 0.717) is 25.9 Å². The van der Waals surface area contributed by atoms with Gasteiger partial charge in [-0.2, -0.15) is 0 Å². The Morgan fingerprint density at radius 2 is 0.532 bits per heavy atom. The van der Waals surface area contributed by atoms with Crippen LogP contribution in [0.2, 0.25) is 0 Å². The SMILES string of the molecule is CCCCCCCCCCCCCCCCCCCCCCCCC(O)C(CO)NC(=O)CCCCCCCCCCCCCCCCCCCCCOC(=O)CCCCCCCCCCCCCCCCCCCCC. The lowest BCUT2D eigenvalue weighted by Gasteiger charge is -2.22. The van der Waals surface area contributed by atoms with Crippen LogP contribution in [0, 0.1) is 0 Å². The highest BCUT2D eigenvalue weighted by atomic mass is 16.5. The lowest BCUT2D eigenvalue weighted by Crippen LogP contribution is -2.45. The molecule has 6 heteroatoms. The predicted molar refractivity (Wildman–Crippen MR) is 338 cm³/mol. The second kappa shape index (κ2) is 67.4. The third-order valence-corrected chi connectivity index (χ3v) is 17.2. The van der Waals surface area contributed by atoms with Gasteiger partial charge in [-0.3, -0.25) is 9.59 Å². The van der Waals surface area contributed by atoms with Crippen LogP contribution in [0.5, 0.6) is 0 Å². The summed E-state index contributed by atoms with van der Waals surface area (Å²) in [6.45, 7) is 5.00. The van der Waals surface area contributed by atoms with E-state index in [1.165, 1.54) is 347 Å². The highest BCUT2D eigenvalue weighted by Crippen LogP contribution is 2.20. The number of hydrogen-bond donors (Lipinski definition) is 3. The van der Waals surface area contributed by atoms with E-state index in [1.807, 2.05) is 0 Å². The summed E-state index contributed by atoms with van der Waals surface area (Å²) < 4.78 is 5.51. The van der Waals surface area contributed by atoms with E-state index < -0.39 is 12.1 Å². The van der Waals surface area contributed by atoms with Crippen molar-refractivity contribution in [2.24, 2.45) is 0 Å². The number of aliphatic hydroxyl groups is 2. The van der Waals surface area contributed by atoms with Gasteiger partial charge < -0.3 is 20.3 Å². The molecule has 0 bridgehead atoms. The van der Waals surface area contributed by atoms with Gasteiger partial charge in [0.25, 0.3) is 0 Å². The summed E-state index contributed by atoms with van der Waals surface area (Å²) in [6.07, 6.45) is 81.4. The summed E-state index contributed by atoms with van der Waals surface area (Å²) in [7, 11) is 0. The lowest BCUT2D eigenvalue weighted by atomic mass is 10.0. The van der Waals surface area contributed by atoms with Crippen LogP contribution in [0.15, 0.2) is 0 Å². The van der Waals surface area contributed by atoms with Crippen LogP contribution in [0.4, 0.5) is 0 Å². The van der Waals surface area contributed by atoms with Crippen LogP contribution in [-0.4, -0.2) is 47.4 Å². The summed E-state index contributed by atoms with van der Waals surface area (Å²) in [6, 6.07) is -0.544. The summed E-state index contributed by atoms with van der Waals surface area (Å²) in [5.41, 5.74) is 0. The van der Waals surface area contributed by atoms with Crippen LogP contribution < -0.4 is 5.32 Å². The van der Waals surface area contributed by atoms with Crippen molar-refractivity contribution in [3.63, 3.8) is 0 Å². The fourth-order valence-corrected chi connectivity index (χ4v) is 11.7. The third-order valence-electron chi connectivity index (χ3n) is 17.2. The molecule has 3 N–H and O–H groups in total. The molecule has 77 heavy (non-hydrogen) atoms. The molecule has 0 heterocycles. The first kappa shape index (κ1) is 75.9. The number of carbonyl (C=O) groups excluding carboxylic acids is 2. The van der Waals surface area contributed by atoms with Gasteiger partial charge in [-0.1, -0.05) is 380 Å². The monoisotopic (exact) mass is 1090 g/mol. The van der Waals surface area contributed by atoms with Gasteiger partial charge in [-0.25, -0.2) is 0 Å². The molecule has 0 aliphatic carbocycles. The Hall–Kier alpha value is -1.14. The van der Waals surface area contributed by atoms with Crippen LogP contribution >= 0.6 is 0 Å². The first-order chi connectivity index (χ1) is 38.0. The van der Waals surface area contributed by atoms with E-state index in [4.69, 9.17) is 4.74 Å². The van der Waals surface area contributed by atoms with Gasteiger partial charge in [0.2, 0.25) is 5.91 Å². The van der Waals surface area contributed by atoms with E-state index in [2.05, 4.69) is 19.2 Å². The highest BCUT2D eigenvalue weighted by molar-refractivity contribution is 5.76. The van der Waals surface area contributed by atoms with Gasteiger partial charge in [-0.15, -0.1) is 0 Å². The average molecular weight is 1090 g/mol. The van der Waals surface area contributed by atoms with Gasteiger partial charge >= 0.3 is 5.97 Å². The Morgan fingerprint density at radius 3 is 0.792 bits per heavy atom. The second-order valence-electron chi connectivity index (χ2n) is 24.9. The van der Waals surface area contributed by atoms with Crippen molar-refractivity contribution in [3.8, 4) is 0 Å². The Balaban J connectivity index is 3.37. The minimum atomic E-state index is -0.666. The minimum Gasteiger partial charge on any atom is -0.466 e. The molecule has 6 nitrogen and oxygen atoms in total. The van der Waals surface area contributed by atoms with Crippen molar-refractivity contribution < 1.29 is 24.5 Å². The number of ether oxygens (including phenoxy) is 1. The Morgan fingerprint density at radius 1 is 0.312 bits per heavy atom. The number of esters is 1. The predicted octanol–water partition coefficient (Wildman–Crippen LogP) is 23.0. The smallest absolute Gasteiger partial charge is 0.305 e. The zero-order valence-electron chi connectivity index (χ0n) is 52.7. The molecule has 2 unspecified atom stereocenters. The zero-order valence-corrected chi connectivity index (χ0v) is 52.7. The average Bonchev–Trinajstić information content (AvgIpc) is 3.43. The molecule has 0 aromatic carbocycles. The molecular weight excluding hydrogens is 947 g/mol. The maximum absolute atomic E-state index is 12.5. The molecule has 0 fully saturated rings. The molecule has 0 saturated heterocycles. The van der Waals surface area contributed by atoms with E-state index in [0.717, 1.165) is 38.5 Å². The third kappa shape index (κ3) is 63.9. The zero-order chi connectivity index (χ0) is 55.7. The molecule has 0 spiro atoms. The van der Waals surface area contributed by atoms with E-state index in [1.54, 1.807) is 0 Å². The van der Waals surface area contributed by atoms with Crippen LogP contribution in [0.1, 0.15) is 418 Å². The minimum absolute atomic E-state index is 0.0157. The summed E-state index contributed by atoms with van der Waals surface area (Å²) in [5.74, 6) is -0.0163. The normalized spacial score (nSPS) is 12.4. The van der Waals surface area contributed by atoms with Crippen molar-refractivity contribution in [3.05, 3.63) is 0 Å². The lowest BCUT2D eigenvalue weighted by molar-refractivity contribution is -0.143. The van der Waals surface area contributed by atoms with Crippen molar-refractivity contribution in [1.29, 1.82) is 0 Å². The van der Waals surface area contributed by atoms with Gasteiger partial charge in [0.15, 0.2) is 0 Å².